The molecule has 0 bridgehead atoms. The van der Waals surface area contributed by atoms with Crippen molar-refractivity contribution in [1.29, 1.82) is 0 Å². The topological polar surface area (TPSA) is 29.5 Å². The monoisotopic (exact) mass is 210 g/mol. The Balaban J connectivity index is 4.07. The average Bonchev–Trinajstić information content (AvgIpc) is 2.06. The normalized spacial score (nSPS) is 13.3. The molecule has 4 heteroatoms. The summed E-state index contributed by atoms with van der Waals surface area (Å²) in [7, 11) is 0. The van der Waals surface area contributed by atoms with Gasteiger partial charge in [0.2, 0.25) is 0 Å². The van der Waals surface area contributed by atoms with Crippen LogP contribution in [0.3, 0.4) is 0 Å². The van der Waals surface area contributed by atoms with Crippen LogP contribution < -0.4 is 0 Å². The van der Waals surface area contributed by atoms with Crippen LogP contribution in [0.4, 0.5) is 0 Å². The fourth-order valence-corrected chi connectivity index (χ4v) is 1.09. The number of aliphatic hydroxyl groups excluding tert-OH is 1. The van der Waals surface area contributed by atoms with Crippen molar-refractivity contribution in [3.63, 3.8) is 0 Å². The lowest BCUT2D eigenvalue weighted by Gasteiger charge is -2.06. The Morgan fingerprint density at radius 3 is 2.67 bits per heavy atom. The molecule has 0 rings (SSSR count). The summed E-state index contributed by atoms with van der Waals surface area (Å²) in [6.07, 6.45) is 3.36. The van der Waals surface area contributed by atoms with Crippen LogP contribution >= 0.6 is 23.2 Å². The summed E-state index contributed by atoms with van der Waals surface area (Å²) in [6, 6.07) is 0. The molecule has 0 aromatic carbocycles. The molecule has 0 saturated heterocycles. The van der Waals surface area contributed by atoms with Gasteiger partial charge in [-0.1, -0.05) is 11.6 Å². The summed E-state index contributed by atoms with van der Waals surface area (Å²) < 4.78 is 5.11. The van der Waals surface area contributed by atoms with Crippen LogP contribution in [0.1, 0.15) is 6.92 Å². The summed E-state index contributed by atoms with van der Waals surface area (Å²) in [5.41, 5.74) is 0. The molecule has 0 atom stereocenters. The van der Waals surface area contributed by atoms with Crippen LogP contribution in [-0.4, -0.2) is 24.2 Å². The van der Waals surface area contributed by atoms with Gasteiger partial charge >= 0.3 is 0 Å². The third-order valence-corrected chi connectivity index (χ3v) is 1.60. The highest BCUT2D eigenvalue weighted by Crippen LogP contribution is 2.15. The molecule has 1 N–H and O–H groups in total. The molecule has 12 heavy (non-hydrogen) atoms. The molecule has 0 aromatic rings. The third kappa shape index (κ3) is 4.65. The van der Waals surface area contributed by atoms with Gasteiger partial charge in [0.1, 0.15) is 12.4 Å². The maximum atomic E-state index is 8.48. The van der Waals surface area contributed by atoms with E-state index < -0.39 is 0 Å². The van der Waals surface area contributed by atoms with Gasteiger partial charge in [-0.3, -0.25) is 0 Å². The zero-order valence-corrected chi connectivity index (χ0v) is 8.40. The number of alkyl halides is 1. The van der Waals surface area contributed by atoms with Gasteiger partial charge in [-0.05, 0) is 19.1 Å². The van der Waals surface area contributed by atoms with Crippen LogP contribution in [0, 0.1) is 0 Å². The maximum Gasteiger partial charge on any atom is 0.133 e. The van der Waals surface area contributed by atoms with Crippen LogP contribution in [0.2, 0.25) is 0 Å². The molecule has 70 valence electrons. The van der Waals surface area contributed by atoms with Crippen molar-refractivity contribution < 1.29 is 9.84 Å². The second-order valence-electron chi connectivity index (χ2n) is 1.93. The first kappa shape index (κ1) is 11.8. The summed E-state index contributed by atoms with van der Waals surface area (Å²) in [5, 5.41) is 8.95. The van der Waals surface area contributed by atoms with E-state index >= 15 is 0 Å². The van der Waals surface area contributed by atoms with E-state index in [2.05, 4.69) is 0 Å². The number of hydrogen-bond donors (Lipinski definition) is 1. The number of aliphatic hydroxyl groups is 1. The lowest BCUT2D eigenvalue weighted by Crippen LogP contribution is -1.99. The van der Waals surface area contributed by atoms with E-state index in [9.17, 15) is 0 Å². The molecule has 0 heterocycles. The van der Waals surface area contributed by atoms with Crippen LogP contribution in [0.5, 0.6) is 0 Å². The summed E-state index contributed by atoms with van der Waals surface area (Å²) in [5.74, 6) is 0.893. The minimum atomic E-state index is -0.0254. The first-order valence-electron chi connectivity index (χ1n) is 3.58. The molecule has 0 aliphatic rings. The second-order valence-corrected chi connectivity index (χ2v) is 2.65. The minimum absolute atomic E-state index is 0.0254. The van der Waals surface area contributed by atoms with E-state index in [0.29, 0.717) is 16.7 Å². The largest absolute Gasteiger partial charge is 0.490 e. The molecule has 0 aliphatic heterocycles. The Bertz CT molecular complexity index is 176. The zero-order valence-electron chi connectivity index (χ0n) is 6.89. The van der Waals surface area contributed by atoms with Gasteiger partial charge in [0.15, 0.2) is 0 Å². The molecule has 0 radical (unpaired) electrons. The van der Waals surface area contributed by atoms with Crippen molar-refractivity contribution in [1.82, 2.24) is 0 Å². The molecule has 2 nitrogen and oxygen atoms in total. The Hall–Kier alpha value is -0.180. The maximum absolute atomic E-state index is 8.48. The predicted octanol–water partition coefficient (Wildman–Crippen LogP) is 2.26. The third-order valence-electron chi connectivity index (χ3n) is 1.10. The second kappa shape index (κ2) is 7.47. The molecular weight excluding hydrogens is 199 g/mol. The fourth-order valence-electron chi connectivity index (χ4n) is 0.614. The standard InChI is InChI=1S/C8H12Cl2O2/c1-2-8(12-6-5-11)7(10)3-4-9/h2-3,11H,4-6H2,1H3/b7-3+,8-2+. The van der Waals surface area contributed by atoms with E-state index in [1.807, 2.05) is 0 Å². The van der Waals surface area contributed by atoms with E-state index in [-0.39, 0.29) is 13.2 Å². The Labute approximate surface area is 82.4 Å². The highest BCUT2D eigenvalue weighted by molar-refractivity contribution is 6.32. The van der Waals surface area contributed by atoms with Crippen molar-refractivity contribution in [2.24, 2.45) is 0 Å². The molecule has 0 unspecified atom stereocenters. The minimum Gasteiger partial charge on any atom is -0.490 e. The SMILES string of the molecule is C/C=C(OCCO)\C(Cl)=C/CCl. The van der Waals surface area contributed by atoms with E-state index in [1.165, 1.54) is 0 Å². The molecule has 0 spiro atoms. The lowest BCUT2D eigenvalue weighted by molar-refractivity contribution is 0.151. The summed E-state index contributed by atoms with van der Waals surface area (Å²) >= 11 is 11.2. The van der Waals surface area contributed by atoms with Crippen molar-refractivity contribution >= 4 is 23.2 Å². The average molecular weight is 211 g/mol. The Morgan fingerprint density at radius 2 is 2.25 bits per heavy atom. The smallest absolute Gasteiger partial charge is 0.133 e. The van der Waals surface area contributed by atoms with Gasteiger partial charge in [0, 0.05) is 5.88 Å². The van der Waals surface area contributed by atoms with Gasteiger partial charge < -0.3 is 9.84 Å². The molecule has 0 amide bonds. The van der Waals surface area contributed by atoms with E-state index in [0.717, 1.165) is 0 Å². The highest BCUT2D eigenvalue weighted by atomic mass is 35.5. The zero-order chi connectivity index (χ0) is 9.40. The number of halogens is 2. The quantitative estimate of drug-likeness (QED) is 0.429. The van der Waals surface area contributed by atoms with Gasteiger partial charge in [-0.15, -0.1) is 11.6 Å². The lowest BCUT2D eigenvalue weighted by atomic mass is 10.4. The Morgan fingerprint density at radius 1 is 1.58 bits per heavy atom. The first-order valence-corrected chi connectivity index (χ1v) is 4.49. The van der Waals surface area contributed by atoms with E-state index in [1.54, 1.807) is 19.1 Å². The molecule has 0 saturated carbocycles. The van der Waals surface area contributed by atoms with Crippen molar-refractivity contribution in [3.05, 3.63) is 22.9 Å². The van der Waals surface area contributed by atoms with Crippen molar-refractivity contribution in [2.75, 3.05) is 19.1 Å². The van der Waals surface area contributed by atoms with Gasteiger partial charge in [0.25, 0.3) is 0 Å². The molecule has 0 fully saturated rings. The summed E-state index contributed by atoms with van der Waals surface area (Å²) in [6.45, 7) is 2.02. The molecule has 0 aromatic heterocycles. The van der Waals surface area contributed by atoms with Gasteiger partial charge in [-0.25, -0.2) is 0 Å². The van der Waals surface area contributed by atoms with Crippen molar-refractivity contribution in [2.45, 2.75) is 6.92 Å². The number of rotatable bonds is 5. The Kier molecular flexibility index (Phi) is 7.36. The molecular formula is C8H12Cl2O2. The number of hydrogen-bond acceptors (Lipinski definition) is 2. The van der Waals surface area contributed by atoms with Gasteiger partial charge in [-0.2, -0.15) is 0 Å². The van der Waals surface area contributed by atoms with Crippen molar-refractivity contribution in [3.8, 4) is 0 Å². The number of allylic oxidation sites excluding steroid dienone is 3. The predicted molar refractivity (Wildman–Crippen MR) is 51.5 cm³/mol. The molecule has 0 aliphatic carbocycles. The highest BCUT2D eigenvalue weighted by Gasteiger charge is 2.00. The summed E-state index contributed by atoms with van der Waals surface area (Å²) in [4.78, 5) is 0. The van der Waals surface area contributed by atoms with Crippen LogP contribution in [0.25, 0.3) is 0 Å². The first-order chi connectivity index (χ1) is 5.76. The van der Waals surface area contributed by atoms with Gasteiger partial charge in [0.05, 0.1) is 11.6 Å². The van der Waals surface area contributed by atoms with Crippen LogP contribution in [-0.2, 0) is 4.74 Å². The number of ether oxygens (including phenoxy) is 1. The van der Waals surface area contributed by atoms with Crippen LogP contribution in [0.15, 0.2) is 22.9 Å². The van der Waals surface area contributed by atoms with E-state index in [4.69, 9.17) is 33.0 Å². The fraction of sp³-hybridized carbons (Fsp3) is 0.500.